The van der Waals surface area contributed by atoms with Crippen molar-refractivity contribution in [1.29, 1.82) is 0 Å². The van der Waals surface area contributed by atoms with Gasteiger partial charge in [0.05, 0.1) is 18.6 Å². The summed E-state index contributed by atoms with van der Waals surface area (Å²) in [5.74, 6) is 1.33. The fourth-order valence-electron chi connectivity index (χ4n) is 3.08. The SMILES string of the molecule is CCOc1ccc(-n2c(SCC(=O)NN=Cc3sccc3C)nnc2-c2ccc(Cl)cc2)cc1. The van der Waals surface area contributed by atoms with E-state index in [1.165, 1.54) is 11.8 Å². The van der Waals surface area contributed by atoms with Crippen LogP contribution in [-0.4, -0.2) is 39.2 Å². The van der Waals surface area contributed by atoms with Crippen molar-refractivity contribution in [2.24, 2.45) is 5.10 Å². The Balaban J connectivity index is 1.54. The van der Waals surface area contributed by atoms with E-state index >= 15 is 0 Å². The Morgan fingerprint density at radius 2 is 1.94 bits per heavy atom. The zero-order valence-corrected chi connectivity index (χ0v) is 21.0. The number of halogens is 1. The molecule has 0 saturated heterocycles. The summed E-state index contributed by atoms with van der Waals surface area (Å²) in [6, 6.07) is 17.1. The van der Waals surface area contributed by atoms with Crippen LogP contribution in [-0.2, 0) is 4.79 Å². The second-order valence-corrected chi connectivity index (χ2v) is 9.45. The highest BCUT2D eigenvalue weighted by atomic mass is 35.5. The van der Waals surface area contributed by atoms with Crippen LogP contribution in [0.5, 0.6) is 5.75 Å². The van der Waals surface area contributed by atoms with Gasteiger partial charge in [0.1, 0.15) is 5.75 Å². The number of amides is 1. The zero-order valence-electron chi connectivity index (χ0n) is 18.6. The van der Waals surface area contributed by atoms with Gasteiger partial charge in [0.2, 0.25) is 0 Å². The lowest BCUT2D eigenvalue weighted by molar-refractivity contribution is -0.118. The van der Waals surface area contributed by atoms with Crippen molar-refractivity contribution in [3.8, 4) is 22.8 Å². The first-order valence-electron chi connectivity index (χ1n) is 10.5. The summed E-state index contributed by atoms with van der Waals surface area (Å²) >= 11 is 8.91. The third-order valence-corrected chi connectivity index (χ3v) is 6.88. The minimum Gasteiger partial charge on any atom is -0.494 e. The molecule has 0 unspecified atom stereocenters. The first-order chi connectivity index (χ1) is 16.5. The number of nitrogens with zero attached hydrogens (tertiary/aromatic N) is 4. The molecule has 0 aliphatic rings. The third kappa shape index (κ3) is 5.85. The van der Waals surface area contributed by atoms with Crippen LogP contribution in [0.3, 0.4) is 0 Å². The molecule has 2 aromatic carbocycles. The molecule has 0 spiro atoms. The number of benzene rings is 2. The van der Waals surface area contributed by atoms with E-state index in [0.29, 0.717) is 22.6 Å². The van der Waals surface area contributed by atoms with Gasteiger partial charge in [-0.2, -0.15) is 5.10 Å². The van der Waals surface area contributed by atoms with Crippen molar-refractivity contribution in [2.45, 2.75) is 19.0 Å². The molecule has 1 amide bonds. The van der Waals surface area contributed by atoms with Crippen LogP contribution in [0.2, 0.25) is 5.02 Å². The Morgan fingerprint density at radius 1 is 1.18 bits per heavy atom. The maximum atomic E-state index is 12.4. The Hall–Kier alpha value is -3.14. The molecule has 174 valence electrons. The maximum absolute atomic E-state index is 12.4. The summed E-state index contributed by atoms with van der Waals surface area (Å²) in [6.45, 7) is 4.53. The number of carbonyl (C=O) groups is 1. The number of aromatic nitrogens is 3. The van der Waals surface area contributed by atoms with Gasteiger partial charge in [-0.05, 0) is 79.4 Å². The van der Waals surface area contributed by atoms with E-state index in [1.54, 1.807) is 17.6 Å². The van der Waals surface area contributed by atoms with Crippen LogP contribution >= 0.6 is 34.7 Å². The first-order valence-corrected chi connectivity index (χ1v) is 12.7. The van der Waals surface area contributed by atoms with E-state index in [9.17, 15) is 4.79 Å². The molecule has 0 saturated carbocycles. The van der Waals surface area contributed by atoms with Crippen molar-refractivity contribution in [3.05, 3.63) is 75.4 Å². The van der Waals surface area contributed by atoms with E-state index in [4.69, 9.17) is 16.3 Å². The molecule has 0 aliphatic heterocycles. The average Bonchev–Trinajstić information content (AvgIpc) is 3.45. The molecule has 0 fully saturated rings. The Morgan fingerprint density at radius 3 is 2.62 bits per heavy atom. The smallest absolute Gasteiger partial charge is 0.250 e. The Bertz CT molecular complexity index is 1280. The quantitative estimate of drug-likeness (QED) is 0.180. The summed E-state index contributed by atoms with van der Waals surface area (Å²) in [5.41, 5.74) is 5.41. The molecule has 4 aromatic rings. The van der Waals surface area contributed by atoms with Gasteiger partial charge >= 0.3 is 0 Å². The van der Waals surface area contributed by atoms with Crippen LogP contribution < -0.4 is 10.2 Å². The van der Waals surface area contributed by atoms with Gasteiger partial charge in [0.25, 0.3) is 5.91 Å². The highest BCUT2D eigenvalue weighted by Crippen LogP contribution is 2.29. The zero-order chi connectivity index (χ0) is 23.9. The van der Waals surface area contributed by atoms with Gasteiger partial charge in [-0.3, -0.25) is 9.36 Å². The number of thioether (sulfide) groups is 1. The fraction of sp³-hybridized carbons (Fsp3) is 0.167. The Kier molecular flexibility index (Phi) is 7.99. The largest absolute Gasteiger partial charge is 0.494 e. The molecular formula is C24H22ClN5O2S2. The lowest BCUT2D eigenvalue weighted by Gasteiger charge is -2.11. The van der Waals surface area contributed by atoms with E-state index in [1.807, 2.05) is 78.4 Å². The predicted molar refractivity (Wildman–Crippen MR) is 138 cm³/mol. The normalized spacial score (nSPS) is 11.1. The molecule has 4 rings (SSSR count). The number of nitrogens with one attached hydrogen (secondary N) is 1. The van der Waals surface area contributed by atoms with Crippen LogP contribution in [0, 0.1) is 6.92 Å². The average molecular weight is 512 g/mol. The van der Waals surface area contributed by atoms with E-state index < -0.39 is 0 Å². The highest BCUT2D eigenvalue weighted by Gasteiger charge is 2.17. The number of rotatable bonds is 9. The van der Waals surface area contributed by atoms with Crippen LogP contribution in [0.1, 0.15) is 17.4 Å². The monoisotopic (exact) mass is 511 g/mol. The topological polar surface area (TPSA) is 81.4 Å². The van der Waals surface area contributed by atoms with E-state index in [-0.39, 0.29) is 11.7 Å². The number of carbonyl (C=O) groups excluding carboxylic acids is 1. The second-order valence-electron chi connectivity index (χ2n) is 7.13. The van der Waals surface area contributed by atoms with Gasteiger partial charge in [-0.25, -0.2) is 5.43 Å². The van der Waals surface area contributed by atoms with Crippen LogP contribution in [0.15, 0.2) is 70.2 Å². The minimum atomic E-state index is -0.232. The van der Waals surface area contributed by atoms with Gasteiger partial charge < -0.3 is 4.74 Å². The number of hydrogen-bond donors (Lipinski definition) is 1. The van der Waals surface area contributed by atoms with E-state index in [0.717, 1.165) is 27.4 Å². The number of hydrazone groups is 1. The van der Waals surface area contributed by atoms with Crippen molar-refractivity contribution in [2.75, 3.05) is 12.4 Å². The van der Waals surface area contributed by atoms with Gasteiger partial charge in [-0.1, -0.05) is 23.4 Å². The molecule has 0 atom stereocenters. The van der Waals surface area contributed by atoms with Crippen LogP contribution in [0.4, 0.5) is 0 Å². The maximum Gasteiger partial charge on any atom is 0.250 e. The minimum absolute atomic E-state index is 0.135. The summed E-state index contributed by atoms with van der Waals surface area (Å²) in [7, 11) is 0. The summed E-state index contributed by atoms with van der Waals surface area (Å²) in [6.07, 6.45) is 1.66. The number of aryl methyl sites for hydroxylation is 1. The summed E-state index contributed by atoms with van der Waals surface area (Å²) in [4.78, 5) is 13.4. The van der Waals surface area contributed by atoms with Crippen molar-refractivity contribution < 1.29 is 9.53 Å². The number of thiophene rings is 1. The molecule has 10 heteroatoms. The molecule has 0 aliphatic carbocycles. The molecule has 0 bridgehead atoms. The molecule has 2 heterocycles. The number of hydrogen-bond acceptors (Lipinski definition) is 7. The first kappa shape index (κ1) is 24.0. The van der Waals surface area contributed by atoms with Crippen molar-refractivity contribution in [3.63, 3.8) is 0 Å². The molecule has 1 N–H and O–H groups in total. The van der Waals surface area contributed by atoms with Crippen molar-refractivity contribution in [1.82, 2.24) is 20.2 Å². The second kappa shape index (κ2) is 11.3. The third-order valence-electron chi connectivity index (χ3n) is 4.75. The van der Waals surface area contributed by atoms with Crippen LogP contribution in [0.25, 0.3) is 17.1 Å². The molecular weight excluding hydrogens is 490 g/mol. The van der Waals surface area contributed by atoms with E-state index in [2.05, 4.69) is 20.7 Å². The van der Waals surface area contributed by atoms with Gasteiger partial charge in [0, 0.05) is 21.2 Å². The fourth-order valence-corrected chi connectivity index (χ4v) is 4.74. The lowest BCUT2D eigenvalue weighted by Crippen LogP contribution is -2.20. The van der Waals surface area contributed by atoms with Gasteiger partial charge in [0.15, 0.2) is 11.0 Å². The standard InChI is InChI=1S/C24H22ClN5O2S2/c1-3-32-20-10-8-19(9-11-20)30-23(17-4-6-18(25)7-5-17)28-29-24(30)34-15-22(31)27-26-14-21-16(2)12-13-33-21/h4-14H,3,15H2,1-2H3,(H,27,31). The Labute approximate surface area is 210 Å². The molecule has 34 heavy (non-hydrogen) atoms. The van der Waals surface area contributed by atoms with Crippen molar-refractivity contribution >= 4 is 46.8 Å². The number of ether oxygens (including phenoxy) is 1. The highest BCUT2D eigenvalue weighted by molar-refractivity contribution is 7.99. The molecule has 2 aromatic heterocycles. The predicted octanol–water partition coefficient (Wildman–Crippen LogP) is 5.60. The molecule has 7 nitrogen and oxygen atoms in total. The summed E-state index contributed by atoms with van der Waals surface area (Å²) in [5, 5.41) is 16.0. The van der Waals surface area contributed by atoms with Gasteiger partial charge in [-0.15, -0.1) is 21.5 Å². The lowest BCUT2D eigenvalue weighted by atomic mass is 10.2. The molecule has 0 radical (unpaired) electrons. The summed E-state index contributed by atoms with van der Waals surface area (Å²) < 4.78 is 7.47.